The van der Waals surface area contributed by atoms with Crippen molar-refractivity contribution in [3.63, 3.8) is 0 Å². The maximum atomic E-state index is 13.2. The highest BCUT2D eigenvalue weighted by molar-refractivity contribution is 7.17. The molecular weight excluding hydrogens is 408 g/mol. The molecule has 4 rings (SSSR count). The Morgan fingerprint density at radius 2 is 1.97 bits per heavy atom. The van der Waals surface area contributed by atoms with E-state index < -0.39 is 0 Å². The van der Waals surface area contributed by atoms with E-state index in [0.29, 0.717) is 11.4 Å². The van der Waals surface area contributed by atoms with Crippen molar-refractivity contribution in [1.29, 1.82) is 0 Å². The maximum absolute atomic E-state index is 13.2. The molecule has 3 aromatic rings. The highest BCUT2D eigenvalue weighted by Crippen LogP contribution is 2.39. The van der Waals surface area contributed by atoms with Crippen LogP contribution in [0.3, 0.4) is 0 Å². The summed E-state index contributed by atoms with van der Waals surface area (Å²) >= 11 is 1.42. The van der Waals surface area contributed by atoms with Crippen LogP contribution in [0.5, 0.6) is 5.75 Å². The van der Waals surface area contributed by atoms with Crippen molar-refractivity contribution >= 4 is 22.9 Å². The van der Waals surface area contributed by atoms with Crippen LogP contribution in [0.15, 0.2) is 42.5 Å². The largest absolute Gasteiger partial charge is 0.496 e. The molecule has 1 unspecified atom stereocenters. The summed E-state index contributed by atoms with van der Waals surface area (Å²) in [5, 5.41) is 0.800. The summed E-state index contributed by atoms with van der Waals surface area (Å²) < 4.78 is 11.3. The Morgan fingerprint density at radius 3 is 2.68 bits per heavy atom. The summed E-state index contributed by atoms with van der Waals surface area (Å²) in [5.74, 6) is 0.764. The van der Waals surface area contributed by atoms with E-state index in [2.05, 4.69) is 37.9 Å². The average molecular weight is 437 g/mol. The fourth-order valence-corrected chi connectivity index (χ4v) is 5.05. The van der Waals surface area contributed by atoms with Crippen LogP contribution in [0.25, 0.3) is 10.6 Å². The lowest BCUT2D eigenvalue weighted by Gasteiger charge is -2.34. The number of benzene rings is 2. The number of thiazole rings is 1. The number of rotatable bonds is 7. The molecule has 1 aliphatic rings. The van der Waals surface area contributed by atoms with E-state index in [1.165, 1.54) is 22.5 Å². The minimum absolute atomic E-state index is 0.00732. The van der Waals surface area contributed by atoms with Gasteiger partial charge >= 0.3 is 0 Å². The molecule has 2 heterocycles. The zero-order chi connectivity index (χ0) is 22.1. The van der Waals surface area contributed by atoms with Gasteiger partial charge in [0.1, 0.15) is 15.6 Å². The number of aromatic nitrogens is 1. The SMILES string of the molecule is COc1ccccc1-c1nc(C)c(C(=O)N2Cc3cc(CC(C)OC(C)C)ccc32)s1. The van der Waals surface area contributed by atoms with Gasteiger partial charge < -0.3 is 14.4 Å². The first-order valence-corrected chi connectivity index (χ1v) is 11.4. The minimum atomic E-state index is 0.00732. The lowest BCUT2D eigenvalue weighted by Crippen LogP contribution is -2.38. The third-order valence-corrected chi connectivity index (χ3v) is 6.54. The molecule has 5 nitrogen and oxygen atoms in total. The third-order valence-electron chi connectivity index (χ3n) is 5.36. The topological polar surface area (TPSA) is 51.7 Å². The molecule has 1 atom stereocenters. The van der Waals surface area contributed by atoms with Crippen LogP contribution in [0.2, 0.25) is 0 Å². The molecule has 1 amide bonds. The van der Waals surface area contributed by atoms with Crippen LogP contribution in [-0.4, -0.2) is 30.2 Å². The summed E-state index contributed by atoms with van der Waals surface area (Å²) in [6.45, 7) is 8.73. The Balaban J connectivity index is 1.51. The van der Waals surface area contributed by atoms with Crippen LogP contribution in [0.1, 0.15) is 47.3 Å². The number of carbonyl (C=O) groups excluding carboxylic acids is 1. The van der Waals surface area contributed by atoms with Crippen LogP contribution < -0.4 is 9.64 Å². The predicted molar refractivity (Wildman–Crippen MR) is 125 cm³/mol. The van der Waals surface area contributed by atoms with E-state index in [1.807, 2.05) is 42.2 Å². The van der Waals surface area contributed by atoms with Crippen molar-refractivity contribution in [1.82, 2.24) is 4.98 Å². The molecule has 162 valence electrons. The lowest BCUT2D eigenvalue weighted by molar-refractivity contribution is 0.0194. The zero-order valence-electron chi connectivity index (χ0n) is 18.6. The maximum Gasteiger partial charge on any atom is 0.270 e. The van der Waals surface area contributed by atoms with Crippen molar-refractivity contribution < 1.29 is 14.3 Å². The molecule has 6 heteroatoms. The summed E-state index contributed by atoms with van der Waals surface area (Å²) in [4.78, 5) is 20.4. The van der Waals surface area contributed by atoms with Crippen molar-refractivity contribution in [3.05, 3.63) is 64.2 Å². The number of hydrogen-bond acceptors (Lipinski definition) is 5. The number of fused-ring (bicyclic) bond motifs is 1. The molecule has 1 aliphatic heterocycles. The number of methoxy groups -OCH3 is 1. The monoisotopic (exact) mass is 436 g/mol. The Kier molecular flexibility index (Phi) is 6.12. The van der Waals surface area contributed by atoms with Crippen LogP contribution in [0, 0.1) is 6.92 Å². The number of hydrogen-bond donors (Lipinski definition) is 0. The summed E-state index contributed by atoms with van der Waals surface area (Å²) in [5.41, 5.74) is 5.09. The molecule has 0 saturated carbocycles. The van der Waals surface area contributed by atoms with Crippen LogP contribution in [0.4, 0.5) is 5.69 Å². The predicted octanol–water partition coefficient (Wildman–Crippen LogP) is 5.64. The number of ether oxygens (including phenoxy) is 2. The van der Waals surface area contributed by atoms with Gasteiger partial charge in [0.2, 0.25) is 0 Å². The number of para-hydroxylation sites is 1. The number of anilines is 1. The Morgan fingerprint density at radius 1 is 1.19 bits per heavy atom. The second-order valence-corrected chi connectivity index (χ2v) is 9.19. The first kappa shape index (κ1) is 21.5. The third kappa shape index (κ3) is 4.36. The van der Waals surface area contributed by atoms with E-state index >= 15 is 0 Å². The van der Waals surface area contributed by atoms with Crippen LogP contribution in [-0.2, 0) is 17.7 Å². The fraction of sp³-hybridized carbons (Fsp3) is 0.360. The van der Waals surface area contributed by atoms with Gasteiger partial charge in [-0.05, 0) is 63.4 Å². The van der Waals surface area contributed by atoms with Gasteiger partial charge in [0.25, 0.3) is 5.91 Å². The van der Waals surface area contributed by atoms with Crippen molar-refractivity contribution in [2.75, 3.05) is 12.0 Å². The molecule has 0 N–H and O–H groups in total. The molecule has 0 saturated heterocycles. The molecule has 0 spiro atoms. The van der Waals surface area contributed by atoms with Gasteiger partial charge in [-0.2, -0.15) is 0 Å². The van der Waals surface area contributed by atoms with E-state index in [1.54, 1.807) is 7.11 Å². The van der Waals surface area contributed by atoms with Gasteiger partial charge in [0.15, 0.2) is 0 Å². The smallest absolute Gasteiger partial charge is 0.270 e. The standard InChI is InChI=1S/C25H28N2O3S/c1-15(2)30-16(3)12-18-10-11-21-19(13-18)14-27(21)25(28)23-17(4)26-24(31-23)20-8-6-7-9-22(20)29-5/h6-11,13,15-16H,12,14H2,1-5H3. The second kappa shape index (κ2) is 8.81. The molecular formula is C25H28N2O3S. The zero-order valence-corrected chi connectivity index (χ0v) is 19.5. The molecule has 1 aromatic heterocycles. The number of carbonyl (C=O) groups is 1. The van der Waals surface area contributed by atoms with Crippen molar-refractivity contribution in [2.45, 2.75) is 52.9 Å². The first-order valence-electron chi connectivity index (χ1n) is 10.6. The highest BCUT2D eigenvalue weighted by Gasteiger charge is 2.32. The van der Waals surface area contributed by atoms with Gasteiger partial charge in [-0.25, -0.2) is 4.98 Å². The van der Waals surface area contributed by atoms with Gasteiger partial charge in [0, 0.05) is 5.69 Å². The molecule has 0 radical (unpaired) electrons. The molecule has 0 fully saturated rings. The normalized spacial score (nSPS) is 13.7. The van der Waals surface area contributed by atoms with Crippen LogP contribution >= 0.6 is 11.3 Å². The second-order valence-electron chi connectivity index (χ2n) is 8.19. The van der Waals surface area contributed by atoms with Gasteiger partial charge in [-0.15, -0.1) is 11.3 Å². The van der Waals surface area contributed by atoms with Gasteiger partial charge in [-0.1, -0.05) is 24.3 Å². The fourth-order valence-electron chi connectivity index (χ4n) is 4.00. The van der Waals surface area contributed by atoms with E-state index in [4.69, 9.17) is 9.47 Å². The number of nitrogens with zero attached hydrogens (tertiary/aromatic N) is 2. The quantitative estimate of drug-likeness (QED) is 0.481. The summed E-state index contributed by atoms with van der Waals surface area (Å²) in [7, 11) is 1.65. The van der Waals surface area contributed by atoms with Gasteiger partial charge in [0.05, 0.1) is 37.1 Å². The highest BCUT2D eigenvalue weighted by atomic mass is 32.1. The number of amides is 1. The Labute approximate surface area is 187 Å². The molecule has 0 bridgehead atoms. The van der Waals surface area contributed by atoms with E-state index in [0.717, 1.165) is 34.1 Å². The average Bonchev–Trinajstić information content (AvgIpc) is 3.10. The van der Waals surface area contributed by atoms with Gasteiger partial charge in [-0.3, -0.25) is 4.79 Å². The molecule has 31 heavy (non-hydrogen) atoms. The van der Waals surface area contributed by atoms with E-state index in [9.17, 15) is 4.79 Å². The minimum Gasteiger partial charge on any atom is -0.496 e. The van der Waals surface area contributed by atoms with Crippen molar-refractivity contribution in [2.24, 2.45) is 0 Å². The van der Waals surface area contributed by atoms with Crippen molar-refractivity contribution in [3.8, 4) is 16.3 Å². The van der Waals surface area contributed by atoms with E-state index in [-0.39, 0.29) is 18.1 Å². The summed E-state index contributed by atoms with van der Waals surface area (Å²) in [6, 6.07) is 14.1. The lowest BCUT2D eigenvalue weighted by atomic mass is 9.97. The molecule has 0 aliphatic carbocycles. The number of aryl methyl sites for hydroxylation is 1. The Bertz CT molecular complexity index is 1110. The Hall–Kier alpha value is -2.70. The first-order chi connectivity index (χ1) is 14.9. The summed E-state index contributed by atoms with van der Waals surface area (Å²) in [6.07, 6.45) is 1.26. The molecule has 2 aromatic carbocycles.